The fourth-order valence-electron chi connectivity index (χ4n) is 1.23. The second kappa shape index (κ2) is 6.63. The van der Waals surface area contributed by atoms with Crippen LogP contribution in [-0.4, -0.2) is 19.6 Å². The number of allylic oxidation sites excluding steroid dienone is 1. The van der Waals surface area contributed by atoms with Gasteiger partial charge in [0.25, 0.3) is 0 Å². The average molecular weight is 443 g/mol. The van der Waals surface area contributed by atoms with E-state index in [1.807, 2.05) is 34.7 Å². The van der Waals surface area contributed by atoms with Gasteiger partial charge in [-0.15, -0.1) is 0 Å². The number of rotatable bonds is 4. The maximum absolute atomic E-state index is 7.96. The lowest BCUT2D eigenvalue weighted by atomic mass is 10.0. The summed E-state index contributed by atoms with van der Waals surface area (Å²) in [6.45, 7) is 4.11. The average Bonchev–Trinajstić information content (AvgIpc) is 2.25. The Morgan fingerprint density at radius 3 is 2.56 bits per heavy atom. The van der Waals surface area contributed by atoms with Gasteiger partial charge in [-0.3, -0.25) is 10.8 Å². The smallest absolute Gasteiger partial charge is 0.126 e. The maximum Gasteiger partial charge on any atom is 0.126 e. The third kappa shape index (κ3) is 4.08. The minimum Gasteiger partial charge on any atom is -0.361 e. The predicted octanol–water partition coefficient (Wildman–Crippen LogP) is 3.22. The summed E-state index contributed by atoms with van der Waals surface area (Å²) in [7, 11) is 0. The van der Waals surface area contributed by atoms with Gasteiger partial charge in [0.2, 0.25) is 0 Å². The standard InChI is InChI=1S/C11H15I2N3/c1-7(2)9(10(12)14)16-11(15)8-3-5-13-6-4-8/h3-7,9,14H,1-2H3,(H2,15,16)/t9-/m0/s1. The van der Waals surface area contributed by atoms with Crippen LogP contribution in [0.4, 0.5) is 0 Å². The third-order valence-corrected chi connectivity index (χ3v) is 4.38. The van der Waals surface area contributed by atoms with Crippen LogP contribution in [0.2, 0.25) is 0 Å². The molecule has 1 aliphatic rings. The van der Waals surface area contributed by atoms with E-state index in [2.05, 4.69) is 27.3 Å². The second-order valence-corrected chi connectivity index (χ2v) is 7.08. The van der Waals surface area contributed by atoms with E-state index in [0.29, 0.717) is 15.5 Å². The van der Waals surface area contributed by atoms with Gasteiger partial charge in [0, 0.05) is 5.57 Å². The molecule has 0 aromatic carbocycles. The van der Waals surface area contributed by atoms with Crippen LogP contribution in [0.5, 0.6) is 0 Å². The molecule has 0 spiro atoms. The summed E-state index contributed by atoms with van der Waals surface area (Å²) in [5, 5.41) is 18.7. The molecule has 0 aromatic rings. The lowest BCUT2D eigenvalue weighted by Crippen LogP contribution is -2.42. The fraction of sp³-hybridized carbons (Fsp3) is 0.364. The molecule has 1 aliphatic heterocycles. The monoisotopic (exact) mass is 443 g/mol. The van der Waals surface area contributed by atoms with Crippen molar-refractivity contribution in [1.82, 2.24) is 5.32 Å². The Morgan fingerprint density at radius 2 is 2.12 bits per heavy atom. The van der Waals surface area contributed by atoms with Crippen molar-refractivity contribution in [3.05, 3.63) is 21.8 Å². The third-order valence-electron chi connectivity index (χ3n) is 2.16. The Hall–Kier alpha value is -0.0500. The first-order valence-electron chi connectivity index (χ1n) is 4.93. The largest absolute Gasteiger partial charge is 0.361 e. The van der Waals surface area contributed by atoms with E-state index in [0.717, 1.165) is 5.57 Å². The Morgan fingerprint density at radius 1 is 1.44 bits per heavy atom. The lowest BCUT2D eigenvalue weighted by molar-refractivity contribution is 0.557. The van der Waals surface area contributed by atoms with E-state index in [1.54, 1.807) is 0 Å². The lowest BCUT2D eigenvalue weighted by Gasteiger charge is -2.22. The molecule has 0 aromatic heterocycles. The molecule has 1 heterocycles. The number of hydrogen-bond donors (Lipinski definition) is 3. The van der Waals surface area contributed by atoms with E-state index in [-0.39, 0.29) is 26.8 Å². The summed E-state index contributed by atoms with van der Waals surface area (Å²) in [5.74, 6) is 0.727. The maximum atomic E-state index is 7.96. The summed E-state index contributed by atoms with van der Waals surface area (Å²) in [4.78, 5) is 0. The zero-order chi connectivity index (χ0) is 12.1. The summed E-state index contributed by atoms with van der Waals surface area (Å²) < 4.78 is 4.84. The van der Waals surface area contributed by atoms with E-state index in [4.69, 9.17) is 10.8 Å². The van der Waals surface area contributed by atoms with Crippen LogP contribution < -0.4 is 5.32 Å². The number of hydrogen-bond acceptors (Lipinski definition) is 2. The van der Waals surface area contributed by atoms with Crippen molar-refractivity contribution in [3.63, 3.8) is 0 Å². The van der Waals surface area contributed by atoms with Crippen LogP contribution in [0.1, 0.15) is 13.8 Å². The predicted molar refractivity (Wildman–Crippen MR) is 88.5 cm³/mol. The molecule has 1 rings (SSSR count). The van der Waals surface area contributed by atoms with Gasteiger partial charge in [-0.2, -0.15) is 0 Å². The minimum absolute atomic E-state index is 0.0565. The second-order valence-electron chi connectivity index (χ2n) is 3.76. The van der Waals surface area contributed by atoms with Crippen LogP contribution in [0.25, 0.3) is 0 Å². The molecular formula is C11H15I2N3. The quantitative estimate of drug-likeness (QED) is 0.349. The normalized spacial score (nSPS) is 16.4. The molecular weight excluding hydrogens is 428 g/mol. The molecule has 3 N–H and O–H groups in total. The first-order chi connectivity index (χ1) is 7.52. The van der Waals surface area contributed by atoms with Crippen molar-refractivity contribution >= 4 is 56.9 Å². The van der Waals surface area contributed by atoms with Crippen molar-refractivity contribution in [2.45, 2.75) is 19.9 Å². The van der Waals surface area contributed by atoms with Gasteiger partial charge in [-0.1, -0.05) is 34.6 Å². The molecule has 0 unspecified atom stereocenters. The molecule has 0 fully saturated rings. The first kappa shape index (κ1) is 14.0. The Bertz CT molecular complexity index is 381. The molecule has 1 atom stereocenters. The fourth-order valence-corrected chi connectivity index (χ4v) is 3.54. The number of halogens is 2. The highest BCUT2D eigenvalue weighted by molar-refractivity contribution is 14.2. The van der Waals surface area contributed by atoms with Gasteiger partial charge in [-0.05, 0) is 48.8 Å². The zero-order valence-corrected chi connectivity index (χ0v) is 13.5. The molecule has 0 saturated carbocycles. The summed E-state index contributed by atoms with van der Waals surface area (Å²) in [6, 6.07) is -0.0565. The Balaban J connectivity index is 2.69. The van der Waals surface area contributed by atoms with Gasteiger partial charge >= 0.3 is 0 Å². The summed E-state index contributed by atoms with van der Waals surface area (Å²) in [6.07, 6.45) is 3.99. The molecule has 0 radical (unpaired) electrons. The molecule has 5 heteroatoms. The molecule has 0 bridgehead atoms. The molecule has 16 heavy (non-hydrogen) atoms. The van der Waals surface area contributed by atoms with Crippen LogP contribution in [0, 0.1) is 16.7 Å². The zero-order valence-electron chi connectivity index (χ0n) is 9.22. The highest BCUT2D eigenvalue weighted by Crippen LogP contribution is 2.12. The van der Waals surface area contributed by atoms with Crippen molar-refractivity contribution in [3.8, 4) is 0 Å². The first-order valence-corrected chi connectivity index (χ1v) is 8.50. The van der Waals surface area contributed by atoms with Gasteiger partial charge in [0.05, 0.1) is 9.76 Å². The van der Waals surface area contributed by atoms with Crippen LogP contribution in [-0.2, 0) is 0 Å². The van der Waals surface area contributed by atoms with E-state index < -0.39 is 0 Å². The van der Waals surface area contributed by atoms with E-state index in [1.165, 1.54) is 0 Å². The van der Waals surface area contributed by atoms with Gasteiger partial charge in [0.15, 0.2) is 0 Å². The molecule has 88 valence electrons. The Labute approximate surface area is 120 Å². The molecule has 0 aliphatic carbocycles. The van der Waals surface area contributed by atoms with Crippen LogP contribution >= 0.6 is 43.3 Å². The number of nitrogens with one attached hydrogen (secondary N) is 3. The molecule has 3 nitrogen and oxygen atoms in total. The van der Waals surface area contributed by atoms with Crippen LogP contribution in [0.3, 0.4) is 0 Å². The van der Waals surface area contributed by atoms with Crippen molar-refractivity contribution in [2.24, 2.45) is 5.92 Å². The van der Waals surface area contributed by atoms with E-state index in [9.17, 15) is 0 Å². The van der Waals surface area contributed by atoms with Crippen LogP contribution in [0.15, 0.2) is 21.8 Å². The highest BCUT2D eigenvalue weighted by atomic mass is 127. The summed E-state index contributed by atoms with van der Waals surface area (Å²) >= 11 is 2.07. The van der Waals surface area contributed by atoms with Crippen molar-refractivity contribution in [2.75, 3.05) is 0 Å². The SMILES string of the molecule is CC(C)[C@H](NC(=N)C1=CC=IC=C1)C(=N)I. The minimum atomic E-state index is -0.0565. The summed E-state index contributed by atoms with van der Waals surface area (Å²) in [5.41, 5.74) is 0.911. The topological polar surface area (TPSA) is 59.7 Å². The van der Waals surface area contributed by atoms with Gasteiger partial charge in [-0.25, -0.2) is 0 Å². The van der Waals surface area contributed by atoms with Gasteiger partial charge < -0.3 is 5.32 Å². The molecule has 0 amide bonds. The van der Waals surface area contributed by atoms with Gasteiger partial charge in [0.1, 0.15) is 5.84 Å². The highest BCUT2D eigenvalue weighted by Gasteiger charge is 2.18. The van der Waals surface area contributed by atoms with E-state index >= 15 is 0 Å². The van der Waals surface area contributed by atoms with Crippen molar-refractivity contribution in [1.29, 1.82) is 10.8 Å². The van der Waals surface area contributed by atoms with Crippen molar-refractivity contribution < 1.29 is 0 Å². The molecule has 0 saturated heterocycles. The Kier molecular flexibility index (Phi) is 5.81. The number of amidine groups is 1.